The summed E-state index contributed by atoms with van der Waals surface area (Å²) < 4.78 is 26.4. The van der Waals surface area contributed by atoms with Crippen molar-refractivity contribution in [1.82, 2.24) is 14.1 Å². The molecule has 2 amide bonds. The van der Waals surface area contributed by atoms with Gasteiger partial charge in [0.05, 0.1) is 0 Å². The smallest absolute Gasteiger partial charge is 0.303 e. The van der Waals surface area contributed by atoms with Crippen LogP contribution in [0.15, 0.2) is 11.2 Å². The van der Waals surface area contributed by atoms with E-state index in [2.05, 4.69) is 26.3 Å². The van der Waals surface area contributed by atoms with Gasteiger partial charge in [0.2, 0.25) is 5.03 Å². The molecule has 17 heavy (non-hydrogen) atoms. The highest BCUT2D eigenvalue weighted by molar-refractivity contribution is 9.09. The van der Waals surface area contributed by atoms with Crippen LogP contribution in [0.1, 0.15) is 6.42 Å². The molecule has 0 saturated heterocycles. The van der Waals surface area contributed by atoms with E-state index in [1.54, 1.807) is 7.05 Å². The summed E-state index contributed by atoms with van der Waals surface area (Å²) in [5, 5.41) is 6.89. The van der Waals surface area contributed by atoms with Crippen LogP contribution in [-0.4, -0.2) is 40.4 Å². The molecule has 1 aliphatic heterocycles. The summed E-state index contributed by atoms with van der Waals surface area (Å²) in [6.45, 7) is 0.134. The van der Waals surface area contributed by atoms with Gasteiger partial charge in [-0.15, -0.1) is 0 Å². The molecular weight excluding hydrogens is 312 g/mol. The van der Waals surface area contributed by atoms with Gasteiger partial charge < -0.3 is 5.32 Å². The number of rotatable bonds is 3. The molecule has 7 nitrogen and oxygen atoms in total. The molecule has 0 radical (unpaired) electrons. The van der Waals surface area contributed by atoms with Gasteiger partial charge in [0.1, 0.15) is 5.69 Å². The van der Waals surface area contributed by atoms with Crippen molar-refractivity contribution in [3.63, 3.8) is 0 Å². The Hall–Kier alpha value is -1.09. The summed E-state index contributed by atoms with van der Waals surface area (Å²) in [6, 6.07) is -0.633. The fourth-order valence-electron chi connectivity index (χ4n) is 1.56. The topological polar surface area (TPSA) is 84.3 Å². The first-order valence-electron chi connectivity index (χ1n) is 4.90. The zero-order valence-corrected chi connectivity index (χ0v) is 11.5. The number of fused-ring (bicyclic) bond motifs is 1. The zero-order chi connectivity index (χ0) is 12.6. The number of carbonyl (C=O) groups is 1. The lowest BCUT2D eigenvalue weighted by molar-refractivity contribution is 0.234. The van der Waals surface area contributed by atoms with Gasteiger partial charge in [-0.05, 0) is 6.42 Å². The average Bonchev–Trinajstić information content (AvgIpc) is 2.59. The van der Waals surface area contributed by atoms with Crippen LogP contribution in [-0.2, 0) is 17.1 Å². The Morgan fingerprint density at radius 2 is 2.24 bits per heavy atom. The van der Waals surface area contributed by atoms with E-state index >= 15 is 0 Å². The molecule has 1 aromatic heterocycles. The van der Waals surface area contributed by atoms with Crippen molar-refractivity contribution in [2.75, 3.05) is 17.2 Å². The Kier molecular flexibility index (Phi) is 3.13. The Balaban J connectivity index is 2.43. The van der Waals surface area contributed by atoms with Gasteiger partial charge in [0.15, 0.2) is 0 Å². The maximum Gasteiger partial charge on any atom is 0.335 e. The number of urea groups is 1. The maximum absolute atomic E-state index is 12.1. The largest absolute Gasteiger partial charge is 0.335 e. The zero-order valence-electron chi connectivity index (χ0n) is 9.05. The number of alkyl halides is 1. The Labute approximate surface area is 107 Å². The minimum Gasteiger partial charge on any atom is -0.303 e. The number of nitrogens with one attached hydrogen (secondary N) is 1. The molecule has 0 aliphatic carbocycles. The second kappa shape index (κ2) is 4.30. The van der Waals surface area contributed by atoms with Crippen LogP contribution in [0, 0.1) is 0 Å². The number of hydrogen-bond acceptors (Lipinski definition) is 4. The fourth-order valence-corrected chi connectivity index (χ4v) is 3.27. The van der Waals surface area contributed by atoms with Crippen molar-refractivity contribution in [1.29, 1.82) is 0 Å². The lowest BCUT2D eigenvalue weighted by Gasteiger charge is -2.25. The lowest BCUT2D eigenvalue weighted by Crippen LogP contribution is -2.44. The summed E-state index contributed by atoms with van der Waals surface area (Å²) in [5.74, 6) is 0. The van der Waals surface area contributed by atoms with Crippen molar-refractivity contribution < 1.29 is 13.2 Å². The SMILES string of the molecule is Cn1cc2c(n1)S(=O)(=O)N(CCCBr)C(=O)N2. The van der Waals surface area contributed by atoms with Gasteiger partial charge >= 0.3 is 6.03 Å². The van der Waals surface area contributed by atoms with Crippen molar-refractivity contribution >= 4 is 37.7 Å². The van der Waals surface area contributed by atoms with Crippen LogP contribution in [0.3, 0.4) is 0 Å². The minimum absolute atomic E-state index is 0.103. The minimum atomic E-state index is -3.81. The number of hydrogen-bond donors (Lipinski definition) is 1. The molecule has 1 aliphatic rings. The standard InChI is InChI=1S/C8H11BrN4O3S/c1-12-5-6-7(11-12)17(15,16)13(4-2-3-9)8(14)10-6/h5H,2-4H2,1H3,(H,10,14). The Morgan fingerprint density at radius 3 is 2.88 bits per heavy atom. The lowest BCUT2D eigenvalue weighted by atomic mass is 10.5. The first-order chi connectivity index (χ1) is 7.96. The van der Waals surface area contributed by atoms with Crippen LogP contribution in [0.25, 0.3) is 0 Å². The van der Waals surface area contributed by atoms with Gasteiger partial charge in [-0.3, -0.25) is 4.68 Å². The molecule has 0 fully saturated rings. The van der Waals surface area contributed by atoms with Gasteiger partial charge in [0.25, 0.3) is 10.0 Å². The highest BCUT2D eigenvalue weighted by Crippen LogP contribution is 2.28. The van der Waals surface area contributed by atoms with E-state index in [0.29, 0.717) is 11.8 Å². The summed E-state index contributed by atoms with van der Waals surface area (Å²) in [4.78, 5) is 11.7. The van der Waals surface area contributed by atoms with Crippen molar-refractivity contribution in [2.24, 2.45) is 7.05 Å². The summed E-state index contributed by atoms with van der Waals surface area (Å²) in [6.07, 6.45) is 2.02. The van der Waals surface area contributed by atoms with Crippen LogP contribution < -0.4 is 5.32 Å². The number of carbonyl (C=O) groups excluding carboxylic acids is 1. The van der Waals surface area contributed by atoms with E-state index in [0.717, 1.165) is 4.31 Å². The highest BCUT2D eigenvalue weighted by atomic mass is 79.9. The predicted molar refractivity (Wildman–Crippen MR) is 64.5 cm³/mol. The summed E-state index contributed by atoms with van der Waals surface area (Å²) in [7, 11) is -2.21. The number of nitrogens with zero attached hydrogens (tertiary/aromatic N) is 3. The quantitative estimate of drug-likeness (QED) is 0.832. The number of aryl methyl sites for hydroxylation is 1. The number of anilines is 1. The third-order valence-electron chi connectivity index (χ3n) is 2.29. The van der Waals surface area contributed by atoms with Gasteiger partial charge in [-0.25, -0.2) is 9.10 Å². The third kappa shape index (κ3) is 2.04. The summed E-state index contributed by atoms with van der Waals surface area (Å²) in [5.41, 5.74) is 0.229. The molecule has 0 aromatic carbocycles. The fraction of sp³-hybridized carbons (Fsp3) is 0.500. The van der Waals surface area contributed by atoms with Crippen molar-refractivity contribution in [2.45, 2.75) is 11.4 Å². The Bertz CT molecular complexity index is 553. The van der Waals surface area contributed by atoms with Crippen LogP contribution in [0.4, 0.5) is 10.5 Å². The molecule has 9 heteroatoms. The van der Waals surface area contributed by atoms with E-state index in [1.807, 2.05) is 0 Å². The average molecular weight is 323 g/mol. The maximum atomic E-state index is 12.1. The first-order valence-corrected chi connectivity index (χ1v) is 7.46. The molecule has 0 spiro atoms. The van der Waals surface area contributed by atoms with E-state index in [9.17, 15) is 13.2 Å². The van der Waals surface area contributed by atoms with E-state index in [-0.39, 0.29) is 17.3 Å². The molecule has 1 aromatic rings. The Morgan fingerprint density at radius 1 is 1.53 bits per heavy atom. The first kappa shape index (κ1) is 12.4. The number of sulfonamides is 1. The van der Waals surface area contributed by atoms with E-state index < -0.39 is 16.1 Å². The molecule has 94 valence electrons. The molecular formula is C8H11BrN4O3S. The summed E-state index contributed by atoms with van der Waals surface area (Å²) >= 11 is 3.20. The van der Waals surface area contributed by atoms with Crippen LogP contribution in [0.2, 0.25) is 0 Å². The predicted octanol–water partition coefficient (Wildman–Crippen LogP) is 0.741. The second-order valence-corrected chi connectivity index (χ2v) is 6.14. The van der Waals surface area contributed by atoms with Crippen molar-refractivity contribution in [3.05, 3.63) is 6.20 Å². The molecule has 0 saturated carbocycles. The third-order valence-corrected chi connectivity index (χ3v) is 4.57. The molecule has 0 unspecified atom stereocenters. The molecule has 0 bridgehead atoms. The molecule has 2 heterocycles. The van der Waals surface area contributed by atoms with Gasteiger partial charge in [-0.1, -0.05) is 15.9 Å². The number of aromatic nitrogens is 2. The van der Waals surface area contributed by atoms with E-state index in [4.69, 9.17) is 0 Å². The highest BCUT2D eigenvalue weighted by Gasteiger charge is 2.38. The second-order valence-electron chi connectivity index (χ2n) is 3.57. The van der Waals surface area contributed by atoms with Crippen molar-refractivity contribution in [3.8, 4) is 0 Å². The van der Waals surface area contributed by atoms with E-state index in [1.165, 1.54) is 10.9 Å². The molecule has 2 rings (SSSR count). The monoisotopic (exact) mass is 322 g/mol. The normalized spacial score (nSPS) is 17.8. The van der Waals surface area contributed by atoms with Crippen LogP contribution >= 0.6 is 15.9 Å². The molecule has 0 atom stereocenters. The number of amides is 2. The van der Waals surface area contributed by atoms with Gasteiger partial charge in [-0.2, -0.15) is 13.5 Å². The van der Waals surface area contributed by atoms with Gasteiger partial charge in [0, 0.05) is 25.1 Å². The van der Waals surface area contributed by atoms with Crippen LogP contribution in [0.5, 0.6) is 0 Å². The molecule has 1 N–H and O–H groups in total. The number of halogens is 1.